The SMILES string of the molecule is CN(C)c1ccc(C#C[n+]2ccccc2)cc1. The summed E-state index contributed by atoms with van der Waals surface area (Å²) in [5, 5.41) is 0. The first-order valence-electron chi connectivity index (χ1n) is 5.51. The molecule has 0 radical (unpaired) electrons. The lowest BCUT2D eigenvalue weighted by Crippen LogP contribution is -2.25. The van der Waals surface area contributed by atoms with Crippen molar-refractivity contribution >= 4 is 5.69 Å². The quantitative estimate of drug-likeness (QED) is 0.529. The fraction of sp³-hybridized carbons (Fsp3) is 0.133. The van der Waals surface area contributed by atoms with Crippen molar-refractivity contribution in [3.05, 3.63) is 60.4 Å². The molecule has 1 aromatic carbocycles. The summed E-state index contributed by atoms with van der Waals surface area (Å²) in [7, 11) is 4.06. The Kier molecular flexibility index (Phi) is 3.42. The minimum atomic E-state index is 1.02. The number of nitrogens with zero attached hydrogens (tertiary/aromatic N) is 2. The number of aromatic nitrogens is 1. The van der Waals surface area contributed by atoms with Crippen LogP contribution < -0.4 is 9.47 Å². The molecule has 1 heterocycles. The predicted molar refractivity (Wildman–Crippen MR) is 69.7 cm³/mol. The minimum Gasteiger partial charge on any atom is -0.378 e. The van der Waals surface area contributed by atoms with E-state index in [1.165, 1.54) is 5.69 Å². The first-order valence-corrected chi connectivity index (χ1v) is 5.51. The highest BCUT2D eigenvalue weighted by Gasteiger charge is 1.95. The summed E-state index contributed by atoms with van der Waals surface area (Å²) in [5.74, 6) is 3.12. The molecule has 0 fully saturated rings. The van der Waals surface area contributed by atoms with E-state index in [9.17, 15) is 0 Å². The third kappa shape index (κ3) is 3.09. The summed E-state index contributed by atoms with van der Waals surface area (Å²) < 4.78 is 1.85. The number of hydrogen-bond acceptors (Lipinski definition) is 1. The van der Waals surface area contributed by atoms with Crippen LogP contribution in [0.5, 0.6) is 0 Å². The molecule has 0 bridgehead atoms. The summed E-state index contributed by atoms with van der Waals surface area (Å²) in [6.45, 7) is 0. The highest BCUT2D eigenvalue weighted by molar-refractivity contribution is 5.49. The van der Waals surface area contributed by atoms with Gasteiger partial charge in [-0.15, -0.1) is 4.57 Å². The molecule has 2 heteroatoms. The zero-order valence-corrected chi connectivity index (χ0v) is 10.1. The zero-order chi connectivity index (χ0) is 12.1. The van der Waals surface area contributed by atoms with Crippen molar-refractivity contribution in [2.75, 3.05) is 19.0 Å². The number of pyridine rings is 1. The summed E-state index contributed by atoms with van der Waals surface area (Å²) in [6, 6.07) is 17.2. The van der Waals surface area contributed by atoms with Crippen molar-refractivity contribution in [1.29, 1.82) is 0 Å². The highest BCUT2D eigenvalue weighted by atomic mass is 15.1. The lowest BCUT2D eigenvalue weighted by Gasteiger charge is -2.11. The fourth-order valence-electron chi connectivity index (χ4n) is 1.45. The van der Waals surface area contributed by atoms with E-state index in [0.717, 1.165) is 5.56 Å². The van der Waals surface area contributed by atoms with Gasteiger partial charge in [0.25, 0.3) is 0 Å². The van der Waals surface area contributed by atoms with Crippen LogP contribution in [0.2, 0.25) is 0 Å². The van der Waals surface area contributed by atoms with Crippen LogP contribution in [0.4, 0.5) is 5.69 Å². The Morgan fingerprint density at radius 2 is 1.59 bits per heavy atom. The molecular weight excluding hydrogens is 208 g/mol. The Bertz CT molecular complexity index is 531. The zero-order valence-electron chi connectivity index (χ0n) is 10.1. The molecule has 0 aliphatic rings. The average Bonchev–Trinajstić information content (AvgIpc) is 2.38. The molecule has 0 aliphatic heterocycles. The van der Waals surface area contributed by atoms with E-state index >= 15 is 0 Å². The van der Waals surface area contributed by atoms with Gasteiger partial charge in [-0.25, -0.2) is 0 Å². The van der Waals surface area contributed by atoms with Crippen LogP contribution in [0.15, 0.2) is 54.9 Å². The lowest BCUT2D eigenvalue weighted by molar-refractivity contribution is -0.583. The normalized spacial score (nSPS) is 9.29. The topological polar surface area (TPSA) is 7.12 Å². The number of benzene rings is 1. The molecule has 0 aliphatic carbocycles. The molecule has 2 aromatic rings. The Morgan fingerprint density at radius 3 is 2.18 bits per heavy atom. The van der Waals surface area contributed by atoms with E-state index in [4.69, 9.17) is 0 Å². The Balaban J connectivity index is 2.17. The Labute approximate surface area is 102 Å². The largest absolute Gasteiger partial charge is 0.378 e. The molecule has 0 saturated heterocycles. The van der Waals surface area contributed by atoms with E-state index in [-0.39, 0.29) is 0 Å². The number of anilines is 1. The third-order valence-electron chi connectivity index (χ3n) is 2.43. The summed E-state index contributed by atoms with van der Waals surface area (Å²) in [6.07, 6.45) is 3.86. The molecule has 0 unspecified atom stereocenters. The Morgan fingerprint density at radius 1 is 0.941 bits per heavy atom. The van der Waals surface area contributed by atoms with Gasteiger partial charge in [0.2, 0.25) is 6.04 Å². The van der Waals surface area contributed by atoms with Crippen LogP contribution in [-0.2, 0) is 0 Å². The monoisotopic (exact) mass is 223 g/mol. The molecule has 2 rings (SSSR count). The smallest absolute Gasteiger partial charge is 0.234 e. The molecule has 0 saturated carbocycles. The maximum atomic E-state index is 3.12. The molecular formula is C15H15N2+. The van der Waals surface area contributed by atoms with E-state index in [2.05, 4.69) is 29.0 Å². The van der Waals surface area contributed by atoms with Gasteiger partial charge in [-0.3, -0.25) is 0 Å². The van der Waals surface area contributed by atoms with Crippen LogP contribution in [0.3, 0.4) is 0 Å². The highest BCUT2D eigenvalue weighted by Crippen LogP contribution is 2.11. The van der Waals surface area contributed by atoms with E-state index < -0.39 is 0 Å². The van der Waals surface area contributed by atoms with Gasteiger partial charge in [-0.2, -0.15) is 0 Å². The standard InChI is InChI=1S/C15H15N2/c1-16(2)15-8-6-14(7-9-15)10-13-17-11-4-3-5-12-17/h3-9,11-12H,1-2H3/q+1. The van der Waals surface area contributed by atoms with E-state index in [0.29, 0.717) is 0 Å². The molecule has 0 N–H and O–H groups in total. The molecule has 1 aromatic heterocycles. The second kappa shape index (κ2) is 5.18. The van der Waals surface area contributed by atoms with Crippen LogP contribution in [0.1, 0.15) is 5.56 Å². The summed E-state index contributed by atoms with van der Waals surface area (Å²) in [4.78, 5) is 2.07. The molecule has 2 nitrogen and oxygen atoms in total. The maximum absolute atomic E-state index is 3.12. The van der Waals surface area contributed by atoms with Crippen molar-refractivity contribution in [2.45, 2.75) is 0 Å². The number of hydrogen-bond donors (Lipinski definition) is 0. The molecule has 17 heavy (non-hydrogen) atoms. The van der Waals surface area contributed by atoms with Gasteiger partial charge in [-0.1, -0.05) is 6.07 Å². The minimum absolute atomic E-state index is 1.02. The summed E-state index contributed by atoms with van der Waals surface area (Å²) >= 11 is 0. The number of rotatable bonds is 1. The molecule has 84 valence electrons. The van der Waals surface area contributed by atoms with Gasteiger partial charge in [-0.05, 0) is 24.3 Å². The van der Waals surface area contributed by atoms with Gasteiger partial charge in [0.15, 0.2) is 12.4 Å². The molecule has 0 spiro atoms. The van der Waals surface area contributed by atoms with Crippen molar-refractivity contribution in [3.8, 4) is 12.0 Å². The van der Waals surface area contributed by atoms with Crippen LogP contribution in [0.25, 0.3) is 0 Å². The van der Waals surface area contributed by atoms with Gasteiger partial charge < -0.3 is 4.90 Å². The second-order valence-electron chi connectivity index (χ2n) is 3.96. The van der Waals surface area contributed by atoms with E-state index in [1.807, 2.05) is 61.4 Å². The third-order valence-corrected chi connectivity index (χ3v) is 2.43. The predicted octanol–water partition coefficient (Wildman–Crippen LogP) is 1.90. The molecule has 0 atom stereocenters. The van der Waals surface area contributed by atoms with Crippen molar-refractivity contribution in [1.82, 2.24) is 0 Å². The van der Waals surface area contributed by atoms with Gasteiger partial charge in [0.1, 0.15) is 0 Å². The van der Waals surface area contributed by atoms with Gasteiger partial charge >= 0.3 is 0 Å². The van der Waals surface area contributed by atoms with Crippen molar-refractivity contribution in [3.63, 3.8) is 0 Å². The van der Waals surface area contributed by atoms with Crippen molar-refractivity contribution in [2.24, 2.45) is 0 Å². The first kappa shape index (κ1) is 11.2. The van der Waals surface area contributed by atoms with E-state index in [1.54, 1.807) is 0 Å². The second-order valence-corrected chi connectivity index (χ2v) is 3.96. The van der Waals surface area contributed by atoms with Gasteiger partial charge in [0.05, 0.1) is 0 Å². The van der Waals surface area contributed by atoms with Crippen molar-refractivity contribution < 1.29 is 4.57 Å². The fourth-order valence-corrected chi connectivity index (χ4v) is 1.45. The Hall–Kier alpha value is -2.27. The summed E-state index contributed by atoms with van der Waals surface area (Å²) in [5.41, 5.74) is 2.20. The lowest BCUT2D eigenvalue weighted by atomic mass is 10.2. The maximum Gasteiger partial charge on any atom is 0.234 e. The van der Waals surface area contributed by atoms with Crippen LogP contribution in [-0.4, -0.2) is 14.1 Å². The first-order chi connectivity index (χ1) is 8.25. The molecule has 0 amide bonds. The van der Waals surface area contributed by atoms with Crippen LogP contribution in [0, 0.1) is 12.0 Å². The average molecular weight is 223 g/mol. The van der Waals surface area contributed by atoms with Gasteiger partial charge in [0, 0.05) is 43.4 Å². The van der Waals surface area contributed by atoms with Crippen LogP contribution >= 0.6 is 0 Å².